The van der Waals surface area contributed by atoms with Gasteiger partial charge in [0.15, 0.2) is 6.61 Å². The first kappa shape index (κ1) is 23.5. The number of aryl methyl sites for hydroxylation is 2. The number of benzene rings is 2. The van der Waals surface area contributed by atoms with Crippen LogP contribution in [0.25, 0.3) is 0 Å². The maximum atomic E-state index is 13.2. The Balaban J connectivity index is 2.24. The molecule has 5 nitrogen and oxygen atoms in total. The molecule has 2 rings (SSSR count). The molecule has 0 radical (unpaired) electrons. The van der Waals surface area contributed by atoms with Crippen molar-refractivity contribution in [2.24, 2.45) is 0 Å². The average molecular weight is 411 g/mol. The molecule has 30 heavy (non-hydrogen) atoms. The summed E-state index contributed by atoms with van der Waals surface area (Å²) in [6.07, 6.45) is 0.518. The Morgan fingerprint density at radius 3 is 2.23 bits per heavy atom. The third-order valence-corrected chi connectivity index (χ3v) is 4.87. The predicted molar refractivity (Wildman–Crippen MR) is 120 cm³/mol. The third kappa shape index (κ3) is 6.90. The highest BCUT2D eigenvalue weighted by Gasteiger charge is 2.31. The molecule has 0 saturated carbocycles. The molecule has 0 spiro atoms. The second-order valence-electron chi connectivity index (χ2n) is 8.71. The molecular weight excluding hydrogens is 376 g/mol. The first-order chi connectivity index (χ1) is 14.1. The Kier molecular flexibility index (Phi) is 8.04. The van der Waals surface area contributed by atoms with Crippen molar-refractivity contribution >= 4 is 11.8 Å². The molecule has 0 heterocycles. The second-order valence-corrected chi connectivity index (χ2v) is 8.71. The normalized spacial score (nSPS) is 12.2. The molecule has 1 atom stereocenters. The van der Waals surface area contributed by atoms with Gasteiger partial charge in [-0.1, -0.05) is 48.9 Å². The Bertz CT molecular complexity index is 853. The molecule has 0 fully saturated rings. The number of hydrogen-bond donors (Lipinski definition) is 1. The van der Waals surface area contributed by atoms with E-state index in [2.05, 4.69) is 5.32 Å². The van der Waals surface area contributed by atoms with Crippen LogP contribution >= 0.6 is 0 Å². The van der Waals surface area contributed by atoms with Gasteiger partial charge in [0, 0.05) is 12.1 Å². The molecule has 0 aromatic heterocycles. The van der Waals surface area contributed by atoms with E-state index in [1.165, 1.54) is 0 Å². The van der Waals surface area contributed by atoms with Crippen LogP contribution in [0.1, 0.15) is 50.8 Å². The van der Waals surface area contributed by atoms with Crippen LogP contribution in [0.15, 0.2) is 48.5 Å². The highest BCUT2D eigenvalue weighted by Crippen LogP contribution is 2.17. The van der Waals surface area contributed by atoms with Gasteiger partial charge in [-0.2, -0.15) is 0 Å². The molecular formula is C25H34N2O3. The van der Waals surface area contributed by atoms with Crippen molar-refractivity contribution in [1.29, 1.82) is 0 Å². The SMILES string of the molecule is CCC(C(=O)NC(C)(C)C)N(Cc1ccccc1C)C(=O)COc1ccc(C)cc1. The number of nitrogens with zero attached hydrogens (tertiary/aromatic N) is 1. The van der Waals surface area contributed by atoms with Crippen LogP contribution in [0.5, 0.6) is 5.75 Å². The summed E-state index contributed by atoms with van der Waals surface area (Å²) in [6.45, 7) is 12.0. The molecule has 2 amide bonds. The van der Waals surface area contributed by atoms with E-state index in [1.807, 2.05) is 90.1 Å². The fourth-order valence-corrected chi connectivity index (χ4v) is 3.21. The molecule has 0 saturated heterocycles. The summed E-state index contributed by atoms with van der Waals surface area (Å²) in [7, 11) is 0. The number of carbonyl (C=O) groups excluding carboxylic acids is 2. The molecule has 0 bridgehead atoms. The van der Waals surface area contributed by atoms with Crippen molar-refractivity contribution in [3.8, 4) is 5.75 Å². The van der Waals surface area contributed by atoms with Crippen LogP contribution in [0.3, 0.4) is 0 Å². The molecule has 162 valence electrons. The fraction of sp³-hybridized carbons (Fsp3) is 0.440. The summed E-state index contributed by atoms with van der Waals surface area (Å²) in [4.78, 5) is 27.8. The molecule has 2 aromatic rings. The van der Waals surface area contributed by atoms with Crippen molar-refractivity contribution < 1.29 is 14.3 Å². The van der Waals surface area contributed by atoms with Gasteiger partial charge in [0.25, 0.3) is 5.91 Å². The first-order valence-electron chi connectivity index (χ1n) is 10.5. The zero-order chi connectivity index (χ0) is 22.3. The molecule has 0 aliphatic carbocycles. The predicted octanol–water partition coefficient (Wildman–Crippen LogP) is 4.40. The Hall–Kier alpha value is -2.82. The zero-order valence-electron chi connectivity index (χ0n) is 19.0. The third-order valence-electron chi connectivity index (χ3n) is 4.87. The van der Waals surface area contributed by atoms with E-state index >= 15 is 0 Å². The summed E-state index contributed by atoms with van der Waals surface area (Å²) in [5.74, 6) is 0.272. The standard InChI is InChI=1S/C25H34N2O3/c1-7-22(24(29)26-25(4,5)6)27(16-20-11-9-8-10-19(20)3)23(28)17-30-21-14-12-18(2)13-15-21/h8-15,22H,7,16-17H2,1-6H3,(H,26,29). The van der Waals surface area contributed by atoms with E-state index in [0.29, 0.717) is 18.7 Å². The van der Waals surface area contributed by atoms with Gasteiger partial charge in [-0.15, -0.1) is 0 Å². The van der Waals surface area contributed by atoms with E-state index in [9.17, 15) is 9.59 Å². The lowest BCUT2D eigenvalue weighted by Crippen LogP contribution is -2.54. The quantitative estimate of drug-likeness (QED) is 0.701. The Labute approximate surface area is 180 Å². The van der Waals surface area contributed by atoms with Gasteiger partial charge in [0.05, 0.1) is 0 Å². The van der Waals surface area contributed by atoms with E-state index in [0.717, 1.165) is 16.7 Å². The van der Waals surface area contributed by atoms with Gasteiger partial charge in [-0.25, -0.2) is 0 Å². The topological polar surface area (TPSA) is 58.6 Å². The second kappa shape index (κ2) is 10.3. The number of rotatable bonds is 8. The maximum absolute atomic E-state index is 13.2. The van der Waals surface area contributed by atoms with Crippen LogP contribution in [-0.4, -0.2) is 34.9 Å². The van der Waals surface area contributed by atoms with E-state index < -0.39 is 6.04 Å². The minimum absolute atomic E-state index is 0.117. The smallest absolute Gasteiger partial charge is 0.261 e. The van der Waals surface area contributed by atoms with Crippen molar-refractivity contribution in [1.82, 2.24) is 10.2 Å². The van der Waals surface area contributed by atoms with Crippen LogP contribution in [0.2, 0.25) is 0 Å². The molecule has 5 heteroatoms. The van der Waals surface area contributed by atoms with Gasteiger partial charge < -0.3 is 15.0 Å². The minimum Gasteiger partial charge on any atom is -0.484 e. The largest absolute Gasteiger partial charge is 0.484 e. The van der Waals surface area contributed by atoms with Crippen molar-refractivity contribution in [3.63, 3.8) is 0 Å². The van der Waals surface area contributed by atoms with Gasteiger partial charge >= 0.3 is 0 Å². The van der Waals surface area contributed by atoms with Crippen LogP contribution in [-0.2, 0) is 16.1 Å². The van der Waals surface area contributed by atoms with Gasteiger partial charge in [-0.3, -0.25) is 9.59 Å². The van der Waals surface area contributed by atoms with Crippen LogP contribution in [0, 0.1) is 13.8 Å². The monoisotopic (exact) mass is 410 g/mol. The fourth-order valence-electron chi connectivity index (χ4n) is 3.21. The molecule has 0 aliphatic rings. The van der Waals surface area contributed by atoms with Gasteiger partial charge in [0.1, 0.15) is 11.8 Å². The molecule has 1 unspecified atom stereocenters. The maximum Gasteiger partial charge on any atom is 0.261 e. The summed E-state index contributed by atoms with van der Waals surface area (Å²) in [5, 5.41) is 3.01. The van der Waals surface area contributed by atoms with Gasteiger partial charge in [-0.05, 0) is 64.3 Å². The molecule has 0 aliphatic heterocycles. The lowest BCUT2D eigenvalue weighted by Gasteiger charge is -2.33. The van der Waals surface area contributed by atoms with Crippen LogP contribution in [0.4, 0.5) is 0 Å². The highest BCUT2D eigenvalue weighted by molar-refractivity contribution is 5.88. The summed E-state index contributed by atoms with van der Waals surface area (Å²) in [6, 6.07) is 14.9. The highest BCUT2D eigenvalue weighted by atomic mass is 16.5. The Morgan fingerprint density at radius 1 is 1.03 bits per heavy atom. The van der Waals surface area contributed by atoms with Gasteiger partial charge in [0.2, 0.25) is 5.91 Å². The summed E-state index contributed by atoms with van der Waals surface area (Å²) >= 11 is 0. The summed E-state index contributed by atoms with van der Waals surface area (Å²) < 4.78 is 5.72. The van der Waals surface area contributed by atoms with E-state index in [4.69, 9.17) is 4.74 Å². The number of nitrogens with one attached hydrogen (secondary N) is 1. The van der Waals surface area contributed by atoms with E-state index in [1.54, 1.807) is 4.90 Å². The van der Waals surface area contributed by atoms with E-state index in [-0.39, 0.29) is 24.0 Å². The number of carbonyl (C=O) groups is 2. The van der Waals surface area contributed by atoms with Crippen LogP contribution < -0.4 is 10.1 Å². The van der Waals surface area contributed by atoms with Crippen molar-refractivity contribution in [2.45, 2.75) is 66.1 Å². The number of ether oxygens (including phenoxy) is 1. The average Bonchev–Trinajstić information content (AvgIpc) is 2.67. The van der Waals surface area contributed by atoms with Crippen molar-refractivity contribution in [2.75, 3.05) is 6.61 Å². The minimum atomic E-state index is -0.571. The number of amides is 2. The zero-order valence-corrected chi connectivity index (χ0v) is 19.0. The summed E-state index contributed by atoms with van der Waals surface area (Å²) in [5.41, 5.74) is 2.85. The first-order valence-corrected chi connectivity index (χ1v) is 10.5. The van der Waals surface area contributed by atoms with Crippen molar-refractivity contribution in [3.05, 3.63) is 65.2 Å². The molecule has 2 aromatic carbocycles. The lowest BCUT2D eigenvalue weighted by atomic mass is 10.0. The lowest BCUT2D eigenvalue weighted by molar-refractivity contribution is -0.143. The number of hydrogen-bond acceptors (Lipinski definition) is 3. The molecule has 1 N–H and O–H groups in total. The Morgan fingerprint density at radius 2 is 1.67 bits per heavy atom.